The van der Waals surface area contributed by atoms with Crippen LogP contribution in [0, 0.1) is 5.82 Å². The zero-order valence-electron chi connectivity index (χ0n) is 8.37. The number of halogens is 2. The van der Waals surface area contributed by atoms with Crippen LogP contribution in [0.5, 0.6) is 0 Å². The van der Waals surface area contributed by atoms with E-state index < -0.39 is 0 Å². The van der Waals surface area contributed by atoms with Gasteiger partial charge >= 0.3 is 0 Å². The van der Waals surface area contributed by atoms with Gasteiger partial charge in [0.25, 0.3) is 0 Å². The van der Waals surface area contributed by atoms with Gasteiger partial charge in [-0.15, -0.1) is 0 Å². The summed E-state index contributed by atoms with van der Waals surface area (Å²) in [5.41, 5.74) is 8.02. The van der Waals surface area contributed by atoms with Crippen molar-refractivity contribution in [3.05, 3.63) is 52.8 Å². The molecule has 0 heterocycles. The maximum atomic E-state index is 13.0. The van der Waals surface area contributed by atoms with Gasteiger partial charge in [0.15, 0.2) is 0 Å². The monoisotopic (exact) mass is 280 g/mol. The predicted octanol–water partition coefficient (Wildman–Crippen LogP) is 3.91. The van der Waals surface area contributed by atoms with Crippen molar-refractivity contribution >= 4 is 33.0 Å². The number of hydrogen-bond donors (Lipinski definition) is 2. The Hall–Kier alpha value is -1.55. The van der Waals surface area contributed by atoms with Crippen molar-refractivity contribution < 1.29 is 4.39 Å². The molecular weight excluding hydrogens is 271 g/mol. The van der Waals surface area contributed by atoms with Gasteiger partial charge in [-0.1, -0.05) is 6.07 Å². The van der Waals surface area contributed by atoms with E-state index in [-0.39, 0.29) is 5.82 Å². The number of benzene rings is 2. The molecule has 2 aromatic rings. The molecule has 16 heavy (non-hydrogen) atoms. The second-order valence-corrected chi connectivity index (χ2v) is 4.23. The summed E-state index contributed by atoms with van der Waals surface area (Å²) in [4.78, 5) is 0. The molecule has 0 saturated heterocycles. The average Bonchev–Trinajstić information content (AvgIpc) is 2.24. The molecule has 0 aliphatic carbocycles. The van der Waals surface area contributed by atoms with Crippen LogP contribution in [-0.4, -0.2) is 0 Å². The molecule has 0 spiro atoms. The zero-order chi connectivity index (χ0) is 11.5. The van der Waals surface area contributed by atoms with E-state index in [4.69, 9.17) is 5.73 Å². The van der Waals surface area contributed by atoms with Crippen LogP contribution in [0.15, 0.2) is 46.9 Å². The summed E-state index contributed by atoms with van der Waals surface area (Å²) in [7, 11) is 0. The number of nitrogen functional groups attached to an aromatic ring is 1. The molecule has 0 saturated carbocycles. The van der Waals surface area contributed by atoms with E-state index >= 15 is 0 Å². The van der Waals surface area contributed by atoms with Gasteiger partial charge in [0.1, 0.15) is 5.82 Å². The van der Waals surface area contributed by atoms with Gasteiger partial charge in [0.05, 0.1) is 4.47 Å². The summed E-state index contributed by atoms with van der Waals surface area (Å²) in [5.74, 6) is -0.280. The molecule has 2 aromatic carbocycles. The molecule has 0 aliphatic rings. The first-order valence-electron chi connectivity index (χ1n) is 4.73. The van der Waals surface area contributed by atoms with Gasteiger partial charge in [0.2, 0.25) is 0 Å². The van der Waals surface area contributed by atoms with Crippen LogP contribution in [0.25, 0.3) is 0 Å². The number of hydrogen-bond acceptors (Lipinski definition) is 2. The Kier molecular flexibility index (Phi) is 3.10. The third-order valence-corrected chi connectivity index (χ3v) is 2.70. The molecule has 4 heteroatoms. The summed E-state index contributed by atoms with van der Waals surface area (Å²) in [6.45, 7) is 0. The van der Waals surface area contributed by atoms with E-state index in [1.807, 2.05) is 24.3 Å². The van der Waals surface area contributed by atoms with Crippen LogP contribution in [0.4, 0.5) is 21.5 Å². The highest BCUT2D eigenvalue weighted by Crippen LogP contribution is 2.23. The SMILES string of the molecule is Nc1cccc(Nc2ccc(F)c(Br)c2)c1. The van der Waals surface area contributed by atoms with E-state index in [1.54, 1.807) is 12.1 Å². The fourth-order valence-corrected chi connectivity index (χ4v) is 1.74. The molecule has 0 amide bonds. The number of anilines is 3. The fourth-order valence-electron chi connectivity index (χ4n) is 1.36. The number of nitrogens with one attached hydrogen (secondary N) is 1. The van der Waals surface area contributed by atoms with Gasteiger partial charge in [-0.3, -0.25) is 0 Å². The summed E-state index contributed by atoms with van der Waals surface area (Å²) in [5, 5.41) is 3.14. The van der Waals surface area contributed by atoms with Gasteiger partial charge in [-0.05, 0) is 52.3 Å². The minimum absolute atomic E-state index is 0.280. The molecule has 0 unspecified atom stereocenters. The Morgan fingerprint density at radius 3 is 2.50 bits per heavy atom. The molecule has 0 atom stereocenters. The lowest BCUT2D eigenvalue weighted by Crippen LogP contribution is -1.92. The lowest BCUT2D eigenvalue weighted by Gasteiger charge is -2.07. The minimum atomic E-state index is -0.280. The predicted molar refractivity (Wildman–Crippen MR) is 68.2 cm³/mol. The van der Waals surface area contributed by atoms with Gasteiger partial charge < -0.3 is 11.1 Å². The first-order valence-corrected chi connectivity index (χ1v) is 5.52. The van der Waals surface area contributed by atoms with Crippen LogP contribution in [0.2, 0.25) is 0 Å². The maximum absolute atomic E-state index is 13.0. The Balaban J connectivity index is 2.24. The molecular formula is C12H10BrFN2. The normalized spacial score (nSPS) is 10.1. The Morgan fingerprint density at radius 1 is 1.06 bits per heavy atom. The maximum Gasteiger partial charge on any atom is 0.137 e. The molecule has 2 nitrogen and oxygen atoms in total. The lowest BCUT2D eigenvalue weighted by atomic mass is 10.2. The average molecular weight is 281 g/mol. The number of nitrogens with two attached hydrogens (primary N) is 1. The van der Waals surface area contributed by atoms with Crippen LogP contribution in [0.1, 0.15) is 0 Å². The lowest BCUT2D eigenvalue weighted by molar-refractivity contribution is 0.621. The molecule has 0 aromatic heterocycles. The molecule has 0 radical (unpaired) electrons. The highest BCUT2D eigenvalue weighted by Gasteiger charge is 2.00. The van der Waals surface area contributed by atoms with Gasteiger partial charge in [-0.25, -0.2) is 4.39 Å². The van der Waals surface area contributed by atoms with Crippen LogP contribution >= 0.6 is 15.9 Å². The Labute approximate surface area is 101 Å². The van der Waals surface area contributed by atoms with E-state index in [0.717, 1.165) is 11.4 Å². The summed E-state index contributed by atoms with van der Waals surface area (Å²) >= 11 is 3.13. The van der Waals surface area contributed by atoms with Gasteiger partial charge in [-0.2, -0.15) is 0 Å². The molecule has 0 aliphatic heterocycles. The Morgan fingerprint density at radius 2 is 1.81 bits per heavy atom. The molecule has 3 N–H and O–H groups in total. The number of rotatable bonds is 2. The first kappa shape index (κ1) is 11.0. The topological polar surface area (TPSA) is 38.0 Å². The first-order chi connectivity index (χ1) is 7.65. The van der Waals surface area contributed by atoms with E-state index in [2.05, 4.69) is 21.2 Å². The third-order valence-electron chi connectivity index (χ3n) is 2.09. The van der Waals surface area contributed by atoms with Crippen molar-refractivity contribution in [3.8, 4) is 0 Å². The van der Waals surface area contributed by atoms with Crippen molar-refractivity contribution in [2.75, 3.05) is 11.1 Å². The van der Waals surface area contributed by atoms with Crippen LogP contribution in [0.3, 0.4) is 0 Å². The van der Waals surface area contributed by atoms with Crippen molar-refractivity contribution in [1.82, 2.24) is 0 Å². The summed E-state index contributed by atoms with van der Waals surface area (Å²) < 4.78 is 13.4. The summed E-state index contributed by atoms with van der Waals surface area (Å²) in [6, 6.07) is 12.1. The standard InChI is InChI=1S/C12H10BrFN2/c13-11-7-10(4-5-12(11)14)16-9-3-1-2-8(15)6-9/h1-7,16H,15H2. The van der Waals surface area contributed by atoms with Crippen molar-refractivity contribution in [2.45, 2.75) is 0 Å². The molecule has 82 valence electrons. The van der Waals surface area contributed by atoms with Crippen LogP contribution in [-0.2, 0) is 0 Å². The van der Waals surface area contributed by atoms with E-state index in [1.165, 1.54) is 6.07 Å². The fraction of sp³-hybridized carbons (Fsp3) is 0. The largest absolute Gasteiger partial charge is 0.399 e. The van der Waals surface area contributed by atoms with Crippen molar-refractivity contribution in [2.24, 2.45) is 0 Å². The highest BCUT2D eigenvalue weighted by molar-refractivity contribution is 9.10. The van der Waals surface area contributed by atoms with Crippen molar-refractivity contribution in [1.29, 1.82) is 0 Å². The second kappa shape index (κ2) is 4.53. The third kappa shape index (κ3) is 2.52. The van der Waals surface area contributed by atoms with E-state index in [0.29, 0.717) is 10.2 Å². The Bertz CT molecular complexity index is 514. The molecule has 0 bridgehead atoms. The minimum Gasteiger partial charge on any atom is -0.399 e. The molecule has 0 fully saturated rings. The smallest absolute Gasteiger partial charge is 0.137 e. The second-order valence-electron chi connectivity index (χ2n) is 3.38. The van der Waals surface area contributed by atoms with Gasteiger partial charge in [0, 0.05) is 17.1 Å². The van der Waals surface area contributed by atoms with Crippen LogP contribution < -0.4 is 11.1 Å². The van der Waals surface area contributed by atoms with E-state index in [9.17, 15) is 4.39 Å². The molecule has 2 rings (SSSR count). The highest BCUT2D eigenvalue weighted by atomic mass is 79.9. The van der Waals surface area contributed by atoms with Crippen molar-refractivity contribution in [3.63, 3.8) is 0 Å². The quantitative estimate of drug-likeness (QED) is 0.819. The summed E-state index contributed by atoms with van der Waals surface area (Å²) in [6.07, 6.45) is 0. The zero-order valence-corrected chi connectivity index (χ0v) is 9.96.